The van der Waals surface area contributed by atoms with Crippen molar-refractivity contribution in [3.8, 4) is 27.9 Å². The van der Waals surface area contributed by atoms with Crippen LogP contribution < -0.4 is 5.32 Å². The van der Waals surface area contributed by atoms with E-state index in [-0.39, 0.29) is 6.29 Å². The standard InChI is InChI=1S/C46H32N4/c1-2-11-31(12-3-1)32-21-23-33(24-22-32)34-13-10-14-35(29-34)41-27-28-47-46(48-41)50-44-20-9-6-17-39(44)40-30-36(25-26-45(40)50)49-42-18-7-4-15-37(42)38-16-5-8-19-43(38)49/h1-30,46-47H. The smallest absolute Gasteiger partial charge is 0.201 e. The minimum atomic E-state index is -0.301. The van der Waals surface area contributed by atoms with E-state index in [9.17, 15) is 0 Å². The van der Waals surface area contributed by atoms with E-state index in [1.165, 1.54) is 54.8 Å². The second kappa shape index (κ2) is 11.5. The first-order valence-corrected chi connectivity index (χ1v) is 17.1. The fraction of sp³-hybridized carbons (Fsp3) is 0.0217. The van der Waals surface area contributed by atoms with Gasteiger partial charge < -0.3 is 14.5 Å². The van der Waals surface area contributed by atoms with E-state index in [1.807, 2.05) is 6.20 Å². The van der Waals surface area contributed by atoms with Crippen molar-refractivity contribution in [1.29, 1.82) is 0 Å². The van der Waals surface area contributed by atoms with Crippen molar-refractivity contribution in [3.05, 3.63) is 188 Å². The molecule has 0 saturated heterocycles. The average Bonchev–Trinajstić information content (AvgIpc) is 3.71. The molecule has 7 aromatic carbocycles. The van der Waals surface area contributed by atoms with E-state index >= 15 is 0 Å². The van der Waals surface area contributed by atoms with E-state index in [1.54, 1.807) is 0 Å². The topological polar surface area (TPSA) is 34.2 Å². The van der Waals surface area contributed by atoms with Gasteiger partial charge in [-0.2, -0.15) is 0 Å². The number of benzene rings is 7. The van der Waals surface area contributed by atoms with Gasteiger partial charge in [0.15, 0.2) is 0 Å². The first kappa shape index (κ1) is 28.4. The summed E-state index contributed by atoms with van der Waals surface area (Å²) in [5, 5.41) is 8.49. The number of hydrogen-bond donors (Lipinski definition) is 1. The van der Waals surface area contributed by atoms with E-state index < -0.39 is 0 Å². The second-order valence-corrected chi connectivity index (χ2v) is 12.9. The Balaban J connectivity index is 1.05. The number of nitrogens with one attached hydrogen (secondary N) is 1. The van der Waals surface area contributed by atoms with Crippen molar-refractivity contribution >= 4 is 49.3 Å². The molecule has 10 rings (SSSR count). The number of rotatable bonds is 5. The highest BCUT2D eigenvalue weighted by atomic mass is 15.3. The molecule has 0 amide bonds. The number of aromatic nitrogens is 2. The minimum Gasteiger partial charge on any atom is -0.353 e. The first-order chi connectivity index (χ1) is 24.8. The molecule has 4 nitrogen and oxygen atoms in total. The lowest BCUT2D eigenvalue weighted by atomic mass is 9.98. The molecule has 0 spiro atoms. The zero-order valence-corrected chi connectivity index (χ0v) is 27.2. The molecule has 3 heterocycles. The predicted molar refractivity (Wildman–Crippen MR) is 209 cm³/mol. The highest BCUT2D eigenvalue weighted by Crippen LogP contribution is 2.37. The summed E-state index contributed by atoms with van der Waals surface area (Å²) in [5.41, 5.74) is 12.7. The number of nitrogens with zero attached hydrogens (tertiary/aromatic N) is 3. The molecule has 1 aliphatic heterocycles. The summed E-state index contributed by atoms with van der Waals surface area (Å²) < 4.78 is 4.71. The van der Waals surface area contributed by atoms with Crippen molar-refractivity contribution in [1.82, 2.24) is 14.5 Å². The van der Waals surface area contributed by atoms with Gasteiger partial charge in [-0.1, -0.05) is 127 Å². The number of para-hydroxylation sites is 3. The quantitative estimate of drug-likeness (QED) is 0.200. The maximum absolute atomic E-state index is 5.31. The fourth-order valence-electron chi connectivity index (χ4n) is 7.67. The van der Waals surface area contributed by atoms with Crippen molar-refractivity contribution < 1.29 is 0 Å². The Hall–Kier alpha value is -6.65. The molecule has 0 bridgehead atoms. The Kier molecular flexibility index (Phi) is 6.53. The number of fused-ring (bicyclic) bond motifs is 6. The Morgan fingerprint density at radius 1 is 0.420 bits per heavy atom. The highest BCUT2D eigenvalue weighted by Gasteiger charge is 2.21. The van der Waals surface area contributed by atoms with Crippen LogP contribution in [0.3, 0.4) is 0 Å². The van der Waals surface area contributed by atoms with Gasteiger partial charge in [-0.3, -0.25) is 0 Å². The van der Waals surface area contributed by atoms with E-state index in [0.717, 1.165) is 28.0 Å². The van der Waals surface area contributed by atoms with Crippen molar-refractivity contribution in [3.63, 3.8) is 0 Å². The molecule has 1 atom stereocenters. The van der Waals surface area contributed by atoms with Crippen LogP contribution in [0, 0.1) is 0 Å². The summed E-state index contributed by atoms with van der Waals surface area (Å²) in [6.45, 7) is 0. The largest absolute Gasteiger partial charge is 0.353 e. The van der Waals surface area contributed by atoms with Crippen LogP contribution in [0.2, 0.25) is 0 Å². The highest BCUT2D eigenvalue weighted by molar-refractivity contribution is 6.12. The molecule has 0 radical (unpaired) electrons. The summed E-state index contributed by atoms with van der Waals surface area (Å²) in [6.07, 6.45) is 3.80. The first-order valence-electron chi connectivity index (χ1n) is 17.1. The molecule has 2 aromatic heterocycles. The van der Waals surface area contributed by atoms with Crippen LogP contribution in [-0.2, 0) is 0 Å². The number of hydrogen-bond acceptors (Lipinski definition) is 2. The van der Waals surface area contributed by atoms with Crippen LogP contribution >= 0.6 is 0 Å². The predicted octanol–water partition coefficient (Wildman–Crippen LogP) is 11.3. The number of aliphatic imine (C=N–C) groups is 1. The molecule has 50 heavy (non-hydrogen) atoms. The van der Waals surface area contributed by atoms with Crippen LogP contribution in [0.5, 0.6) is 0 Å². The lowest BCUT2D eigenvalue weighted by Crippen LogP contribution is -2.25. The Morgan fingerprint density at radius 2 is 0.960 bits per heavy atom. The molecular weight excluding hydrogens is 609 g/mol. The molecule has 4 heteroatoms. The second-order valence-electron chi connectivity index (χ2n) is 12.9. The van der Waals surface area contributed by atoms with Gasteiger partial charge in [-0.05, 0) is 70.8 Å². The zero-order chi connectivity index (χ0) is 33.0. The Morgan fingerprint density at radius 3 is 1.68 bits per heavy atom. The van der Waals surface area contributed by atoms with Gasteiger partial charge in [0.05, 0.1) is 27.8 Å². The van der Waals surface area contributed by atoms with Gasteiger partial charge in [-0.15, -0.1) is 0 Å². The monoisotopic (exact) mass is 640 g/mol. The van der Waals surface area contributed by atoms with Crippen LogP contribution in [0.1, 0.15) is 11.9 Å². The van der Waals surface area contributed by atoms with E-state index in [4.69, 9.17) is 4.99 Å². The third-order valence-electron chi connectivity index (χ3n) is 10.0. The van der Waals surface area contributed by atoms with E-state index in [0.29, 0.717) is 0 Å². The third kappa shape index (κ3) is 4.57. The van der Waals surface area contributed by atoms with Crippen molar-refractivity contribution in [2.24, 2.45) is 4.99 Å². The van der Waals surface area contributed by atoms with Crippen LogP contribution in [-0.4, -0.2) is 14.8 Å². The molecule has 1 aliphatic rings. The zero-order valence-electron chi connectivity index (χ0n) is 27.2. The lowest BCUT2D eigenvalue weighted by molar-refractivity contribution is 0.498. The summed E-state index contributed by atoms with van der Waals surface area (Å²) in [5.74, 6) is 0. The maximum Gasteiger partial charge on any atom is 0.201 e. The van der Waals surface area contributed by atoms with Gasteiger partial charge >= 0.3 is 0 Å². The molecule has 1 unspecified atom stereocenters. The minimum absolute atomic E-state index is 0.301. The lowest BCUT2D eigenvalue weighted by Gasteiger charge is -2.22. The van der Waals surface area contributed by atoms with E-state index in [2.05, 4.69) is 190 Å². The van der Waals surface area contributed by atoms with Crippen molar-refractivity contribution in [2.45, 2.75) is 6.29 Å². The fourth-order valence-corrected chi connectivity index (χ4v) is 7.67. The molecule has 236 valence electrons. The third-order valence-corrected chi connectivity index (χ3v) is 10.0. The van der Waals surface area contributed by atoms with Gasteiger partial charge in [0.1, 0.15) is 0 Å². The Labute approximate surface area is 289 Å². The van der Waals surface area contributed by atoms with Gasteiger partial charge in [-0.25, -0.2) is 4.99 Å². The number of allylic oxidation sites excluding steroid dienone is 1. The molecule has 0 aliphatic carbocycles. The summed E-state index contributed by atoms with van der Waals surface area (Å²) in [4.78, 5) is 5.31. The average molecular weight is 641 g/mol. The summed E-state index contributed by atoms with van der Waals surface area (Å²) in [6, 6.07) is 60.8. The summed E-state index contributed by atoms with van der Waals surface area (Å²) >= 11 is 0. The van der Waals surface area contributed by atoms with Gasteiger partial charge in [0, 0.05) is 39.0 Å². The van der Waals surface area contributed by atoms with Crippen LogP contribution in [0.15, 0.2) is 187 Å². The van der Waals surface area contributed by atoms with Gasteiger partial charge in [0.2, 0.25) is 6.29 Å². The van der Waals surface area contributed by atoms with Gasteiger partial charge in [0.25, 0.3) is 0 Å². The Bertz CT molecular complexity index is 2730. The summed E-state index contributed by atoms with van der Waals surface area (Å²) in [7, 11) is 0. The van der Waals surface area contributed by atoms with Crippen LogP contribution in [0.4, 0.5) is 0 Å². The molecule has 0 saturated carbocycles. The molecule has 0 fully saturated rings. The SMILES string of the molecule is C1=CC(c2cccc(-c3ccc(-c4ccccc4)cc3)c2)=NC(n2c3ccccc3c3cc(-n4c5ccccc5c5ccccc54)ccc32)N1. The van der Waals surface area contributed by atoms with Crippen molar-refractivity contribution in [2.75, 3.05) is 0 Å². The molecule has 9 aromatic rings. The normalized spacial score (nSPS) is 14.4. The maximum atomic E-state index is 5.31. The molecular formula is C46H32N4. The van der Waals surface area contributed by atoms with Crippen LogP contribution in [0.25, 0.3) is 71.6 Å². The molecule has 1 N–H and O–H groups in total.